The maximum atomic E-state index is 10.0. The number of aliphatic hydroxyl groups excluding tert-OH is 1. The maximum Gasteiger partial charge on any atom is 0.0804 e. The van der Waals surface area contributed by atoms with Crippen molar-refractivity contribution in [3.8, 4) is 0 Å². The van der Waals surface area contributed by atoms with E-state index in [1.165, 1.54) is 44.1 Å². The van der Waals surface area contributed by atoms with Crippen LogP contribution in [0.1, 0.15) is 75.5 Å². The molecule has 1 fully saturated rings. The molecule has 1 aromatic rings. The lowest BCUT2D eigenvalue weighted by atomic mass is 9.85. The number of aromatic nitrogens is 1. The smallest absolute Gasteiger partial charge is 0.0804 e. The highest BCUT2D eigenvalue weighted by molar-refractivity contribution is 5.20. The second kappa shape index (κ2) is 7.64. The van der Waals surface area contributed by atoms with Gasteiger partial charge in [-0.3, -0.25) is 4.98 Å². The topological polar surface area (TPSA) is 33.1 Å². The molecule has 1 aliphatic carbocycles. The molecule has 1 unspecified atom stereocenters. The summed E-state index contributed by atoms with van der Waals surface area (Å²) in [7, 11) is 0. The maximum absolute atomic E-state index is 10.0. The predicted molar refractivity (Wildman–Crippen MR) is 79.0 cm³/mol. The van der Waals surface area contributed by atoms with E-state index in [0.717, 1.165) is 30.7 Å². The van der Waals surface area contributed by atoms with Crippen molar-refractivity contribution in [1.29, 1.82) is 0 Å². The third-order valence-electron chi connectivity index (χ3n) is 4.33. The fourth-order valence-electron chi connectivity index (χ4n) is 3.11. The highest BCUT2D eigenvalue weighted by Gasteiger charge is 2.14. The monoisotopic (exact) mass is 261 g/mol. The SMILES string of the molecule is CCCC(O)c1cncc(CCC2CCCCC2)c1. The van der Waals surface area contributed by atoms with Crippen molar-refractivity contribution in [2.45, 2.75) is 70.8 Å². The zero-order valence-corrected chi connectivity index (χ0v) is 12.1. The molecule has 1 atom stereocenters. The van der Waals surface area contributed by atoms with Gasteiger partial charge in [0.25, 0.3) is 0 Å². The lowest BCUT2D eigenvalue weighted by Crippen LogP contribution is -2.07. The summed E-state index contributed by atoms with van der Waals surface area (Å²) in [5, 5.41) is 10.0. The van der Waals surface area contributed by atoms with Crippen molar-refractivity contribution in [2.75, 3.05) is 0 Å². The molecule has 2 nitrogen and oxygen atoms in total. The Hall–Kier alpha value is -0.890. The summed E-state index contributed by atoms with van der Waals surface area (Å²) in [5.41, 5.74) is 2.28. The van der Waals surface area contributed by atoms with Gasteiger partial charge in [-0.25, -0.2) is 0 Å². The van der Waals surface area contributed by atoms with Gasteiger partial charge in [0.15, 0.2) is 0 Å². The van der Waals surface area contributed by atoms with Crippen LogP contribution < -0.4 is 0 Å². The van der Waals surface area contributed by atoms with Crippen molar-refractivity contribution >= 4 is 0 Å². The summed E-state index contributed by atoms with van der Waals surface area (Å²) >= 11 is 0. The standard InChI is InChI=1S/C17H27NO/c1-2-6-17(19)16-11-15(12-18-13-16)10-9-14-7-4-3-5-8-14/h11-14,17,19H,2-10H2,1H3. The minimum absolute atomic E-state index is 0.341. The Balaban J connectivity index is 1.87. The molecule has 0 saturated heterocycles. The van der Waals surface area contributed by atoms with Gasteiger partial charge >= 0.3 is 0 Å². The summed E-state index contributed by atoms with van der Waals surface area (Å²) in [6.45, 7) is 2.10. The van der Waals surface area contributed by atoms with Crippen LogP contribution in [0.2, 0.25) is 0 Å². The summed E-state index contributed by atoms with van der Waals surface area (Å²) < 4.78 is 0. The molecule has 0 spiro atoms. The van der Waals surface area contributed by atoms with Crippen molar-refractivity contribution in [2.24, 2.45) is 5.92 Å². The van der Waals surface area contributed by atoms with Crippen molar-refractivity contribution in [3.05, 3.63) is 29.6 Å². The quantitative estimate of drug-likeness (QED) is 0.822. The average Bonchev–Trinajstić information content (AvgIpc) is 2.47. The van der Waals surface area contributed by atoms with E-state index in [1.807, 2.05) is 12.4 Å². The van der Waals surface area contributed by atoms with Crippen LogP contribution in [0, 0.1) is 5.92 Å². The van der Waals surface area contributed by atoms with Gasteiger partial charge in [-0.2, -0.15) is 0 Å². The third-order valence-corrected chi connectivity index (χ3v) is 4.33. The Morgan fingerprint density at radius 1 is 1.26 bits per heavy atom. The van der Waals surface area contributed by atoms with Gasteiger partial charge in [-0.15, -0.1) is 0 Å². The van der Waals surface area contributed by atoms with E-state index in [0.29, 0.717) is 0 Å². The van der Waals surface area contributed by atoms with Crippen LogP contribution >= 0.6 is 0 Å². The summed E-state index contributed by atoms with van der Waals surface area (Å²) in [4.78, 5) is 4.29. The second-order valence-electron chi connectivity index (χ2n) is 5.97. The molecule has 0 aromatic carbocycles. The van der Waals surface area contributed by atoms with Gasteiger partial charge in [0.2, 0.25) is 0 Å². The van der Waals surface area contributed by atoms with Crippen molar-refractivity contribution in [3.63, 3.8) is 0 Å². The first kappa shape index (κ1) is 14.5. The Bertz CT molecular complexity index is 371. The van der Waals surface area contributed by atoms with E-state index in [1.54, 1.807) is 0 Å². The van der Waals surface area contributed by atoms with Crippen LogP contribution in [0.5, 0.6) is 0 Å². The van der Waals surface area contributed by atoms with Crippen LogP contribution in [0.4, 0.5) is 0 Å². The summed E-state index contributed by atoms with van der Waals surface area (Å²) in [6, 6.07) is 2.15. The van der Waals surface area contributed by atoms with E-state index in [9.17, 15) is 5.11 Å². The Morgan fingerprint density at radius 2 is 2.05 bits per heavy atom. The van der Waals surface area contributed by atoms with E-state index >= 15 is 0 Å². The number of aryl methyl sites for hydroxylation is 1. The van der Waals surface area contributed by atoms with Gasteiger partial charge in [0.1, 0.15) is 0 Å². The van der Waals surface area contributed by atoms with E-state index < -0.39 is 0 Å². The Morgan fingerprint density at radius 3 is 2.79 bits per heavy atom. The zero-order valence-electron chi connectivity index (χ0n) is 12.1. The van der Waals surface area contributed by atoms with Gasteiger partial charge in [0.05, 0.1) is 6.10 Å². The van der Waals surface area contributed by atoms with Gasteiger partial charge in [0, 0.05) is 12.4 Å². The molecule has 0 radical (unpaired) electrons. The van der Waals surface area contributed by atoms with Crippen LogP contribution in [0.3, 0.4) is 0 Å². The number of hydrogen-bond donors (Lipinski definition) is 1. The first-order valence-electron chi connectivity index (χ1n) is 7.91. The lowest BCUT2D eigenvalue weighted by molar-refractivity contribution is 0.166. The van der Waals surface area contributed by atoms with Crippen molar-refractivity contribution < 1.29 is 5.11 Å². The molecule has 1 N–H and O–H groups in total. The molecule has 1 heterocycles. The first-order chi connectivity index (χ1) is 9.29. The van der Waals surface area contributed by atoms with Crippen molar-refractivity contribution in [1.82, 2.24) is 4.98 Å². The number of pyridine rings is 1. The molecule has 0 amide bonds. The van der Waals surface area contributed by atoms with E-state index in [4.69, 9.17) is 0 Å². The van der Waals surface area contributed by atoms with Crippen LogP contribution in [0.15, 0.2) is 18.5 Å². The third kappa shape index (κ3) is 4.61. The molecule has 106 valence electrons. The molecule has 2 rings (SSSR count). The molecule has 0 bridgehead atoms. The zero-order chi connectivity index (χ0) is 13.5. The largest absolute Gasteiger partial charge is 0.388 e. The van der Waals surface area contributed by atoms with Gasteiger partial charge < -0.3 is 5.11 Å². The van der Waals surface area contributed by atoms with E-state index in [2.05, 4.69) is 18.0 Å². The Kier molecular flexibility index (Phi) is 5.84. The van der Waals surface area contributed by atoms with Crippen LogP contribution in [-0.4, -0.2) is 10.1 Å². The van der Waals surface area contributed by atoms with Gasteiger partial charge in [-0.05, 0) is 36.3 Å². The first-order valence-corrected chi connectivity index (χ1v) is 7.91. The molecule has 1 saturated carbocycles. The number of rotatable bonds is 6. The highest BCUT2D eigenvalue weighted by Crippen LogP contribution is 2.28. The molecule has 0 aliphatic heterocycles. The lowest BCUT2D eigenvalue weighted by Gasteiger charge is -2.21. The van der Waals surface area contributed by atoms with Crippen LogP contribution in [0.25, 0.3) is 0 Å². The molecule has 2 heteroatoms. The van der Waals surface area contributed by atoms with E-state index in [-0.39, 0.29) is 6.10 Å². The minimum Gasteiger partial charge on any atom is -0.388 e. The molecular weight excluding hydrogens is 234 g/mol. The Labute approximate surface area is 117 Å². The number of nitrogens with zero attached hydrogens (tertiary/aromatic N) is 1. The average molecular weight is 261 g/mol. The molecule has 1 aromatic heterocycles. The highest BCUT2D eigenvalue weighted by atomic mass is 16.3. The molecular formula is C17H27NO. The second-order valence-corrected chi connectivity index (χ2v) is 5.97. The fourth-order valence-corrected chi connectivity index (χ4v) is 3.11. The fraction of sp³-hybridized carbons (Fsp3) is 0.706. The van der Waals surface area contributed by atoms with Gasteiger partial charge in [-0.1, -0.05) is 51.5 Å². The predicted octanol–water partition coefficient (Wildman–Crippen LogP) is 4.43. The van der Waals surface area contributed by atoms with Crippen LogP contribution in [-0.2, 0) is 6.42 Å². The minimum atomic E-state index is -0.341. The summed E-state index contributed by atoms with van der Waals surface area (Å²) in [5.74, 6) is 0.915. The summed E-state index contributed by atoms with van der Waals surface area (Å²) in [6.07, 6.45) is 14.7. The number of aliphatic hydroxyl groups is 1. The normalized spacial score (nSPS) is 18.4. The molecule has 1 aliphatic rings. The number of hydrogen-bond acceptors (Lipinski definition) is 2. The molecule has 19 heavy (non-hydrogen) atoms.